The van der Waals surface area contributed by atoms with Crippen molar-refractivity contribution in [3.8, 4) is 39.3 Å². The second kappa shape index (κ2) is 11.7. The molecule has 3 heterocycles. The van der Waals surface area contributed by atoms with Gasteiger partial charge in [0.25, 0.3) is 0 Å². The van der Waals surface area contributed by atoms with Gasteiger partial charge in [-0.3, -0.25) is 4.57 Å². The van der Waals surface area contributed by atoms with E-state index in [0.29, 0.717) is 0 Å². The van der Waals surface area contributed by atoms with Gasteiger partial charge in [-0.05, 0) is 91.7 Å². The molecule has 2 aliphatic rings. The normalized spacial score (nSPS) is 13.5. The van der Waals surface area contributed by atoms with Crippen LogP contribution in [0.3, 0.4) is 0 Å². The molecular formula is C52H32N2S. The summed E-state index contributed by atoms with van der Waals surface area (Å²) in [5, 5.41) is 4.97. The van der Waals surface area contributed by atoms with Crippen LogP contribution in [0.1, 0.15) is 22.3 Å². The maximum atomic E-state index is 5.49. The lowest BCUT2D eigenvalue weighted by molar-refractivity contribution is 0.724. The third-order valence-corrected chi connectivity index (χ3v) is 13.0. The van der Waals surface area contributed by atoms with Crippen molar-refractivity contribution in [2.45, 2.75) is 15.2 Å². The summed E-state index contributed by atoms with van der Waals surface area (Å²) < 4.78 is 2.42. The Morgan fingerprint density at radius 1 is 0.418 bits per heavy atom. The third kappa shape index (κ3) is 4.30. The summed E-state index contributed by atoms with van der Waals surface area (Å²) >= 11 is 1.89. The SMILES string of the molecule is c1ccc(-c2cc(-c3ccccc3)nc(-n3c4cc5c(cc4c4c6ccccc6ccc43)C3(c4ccccc4S5)c4ccccc4-c4ccccc43)c2)cc1. The second-order valence-corrected chi connectivity index (χ2v) is 15.7. The van der Waals surface area contributed by atoms with Gasteiger partial charge in [-0.1, -0.05) is 169 Å². The van der Waals surface area contributed by atoms with Crippen molar-refractivity contribution in [2.75, 3.05) is 0 Å². The fourth-order valence-corrected chi connectivity index (χ4v) is 10.8. The van der Waals surface area contributed by atoms with Crippen LogP contribution in [0.4, 0.5) is 0 Å². The van der Waals surface area contributed by atoms with Gasteiger partial charge in [-0.15, -0.1) is 0 Å². The number of fused-ring (bicyclic) bond motifs is 14. The fourth-order valence-electron chi connectivity index (χ4n) is 9.57. The van der Waals surface area contributed by atoms with E-state index in [-0.39, 0.29) is 0 Å². The van der Waals surface area contributed by atoms with Crippen molar-refractivity contribution in [1.29, 1.82) is 0 Å². The zero-order chi connectivity index (χ0) is 36.1. The van der Waals surface area contributed by atoms with Crippen LogP contribution in [0.25, 0.3) is 71.9 Å². The average molecular weight is 717 g/mol. The number of nitrogens with zero attached hydrogens (tertiary/aromatic N) is 2. The Bertz CT molecular complexity index is 3070. The first kappa shape index (κ1) is 30.7. The van der Waals surface area contributed by atoms with Crippen LogP contribution in [0.5, 0.6) is 0 Å². The van der Waals surface area contributed by atoms with Crippen molar-refractivity contribution in [3.63, 3.8) is 0 Å². The lowest BCUT2D eigenvalue weighted by atomic mass is 9.67. The predicted molar refractivity (Wildman–Crippen MR) is 228 cm³/mol. The van der Waals surface area contributed by atoms with Crippen molar-refractivity contribution in [3.05, 3.63) is 216 Å². The van der Waals surface area contributed by atoms with E-state index in [0.717, 1.165) is 33.7 Å². The predicted octanol–water partition coefficient (Wildman–Crippen LogP) is 13.5. The molecule has 0 saturated carbocycles. The molecule has 0 unspecified atom stereocenters. The van der Waals surface area contributed by atoms with Crippen molar-refractivity contribution < 1.29 is 0 Å². The summed E-state index contributed by atoms with van der Waals surface area (Å²) in [6, 6.07) is 71.3. The molecule has 8 aromatic carbocycles. The minimum Gasteiger partial charge on any atom is -0.294 e. The van der Waals surface area contributed by atoms with Crippen LogP contribution in [-0.2, 0) is 5.41 Å². The molecule has 1 spiro atoms. The maximum Gasteiger partial charge on any atom is 0.138 e. The van der Waals surface area contributed by atoms with E-state index in [1.165, 1.54) is 70.3 Å². The number of hydrogen-bond acceptors (Lipinski definition) is 2. The average Bonchev–Trinajstić information content (AvgIpc) is 3.74. The monoisotopic (exact) mass is 716 g/mol. The molecule has 10 aromatic rings. The van der Waals surface area contributed by atoms with Gasteiger partial charge in [0.15, 0.2) is 0 Å². The zero-order valence-electron chi connectivity index (χ0n) is 29.8. The molecule has 0 amide bonds. The highest BCUT2D eigenvalue weighted by molar-refractivity contribution is 7.99. The number of pyridine rings is 1. The molecule has 2 aromatic heterocycles. The molecule has 256 valence electrons. The van der Waals surface area contributed by atoms with Gasteiger partial charge in [0, 0.05) is 26.1 Å². The van der Waals surface area contributed by atoms with Crippen LogP contribution in [0.15, 0.2) is 204 Å². The van der Waals surface area contributed by atoms with Crippen LogP contribution in [0.2, 0.25) is 0 Å². The molecule has 0 fully saturated rings. The van der Waals surface area contributed by atoms with Crippen LogP contribution in [-0.4, -0.2) is 9.55 Å². The lowest BCUT2D eigenvalue weighted by Crippen LogP contribution is -2.32. The van der Waals surface area contributed by atoms with E-state index in [4.69, 9.17) is 4.98 Å². The first-order valence-corrected chi connectivity index (χ1v) is 19.7. The molecule has 12 rings (SSSR count). The van der Waals surface area contributed by atoms with Gasteiger partial charge in [-0.25, -0.2) is 4.98 Å². The summed E-state index contributed by atoms with van der Waals surface area (Å²) in [6.07, 6.45) is 0. The minimum atomic E-state index is -0.455. The Labute approximate surface area is 323 Å². The first-order valence-electron chi connectivity index (χ1n) is 18.9. The molecule has 1 aliphatic heterocycles. The summed E-state index contributed by atoms with van der Waals surface area (Å²) in [6.45, 7) is 0. The van der Waals surface area contributed by atoms with Crippen LogP contribution in [0, 0.1) is 0 Å². The molecular weight excluding hydrogens is 685 g/mol. The number of hydrogen-bond donors (Lipinski definition) is 0. The molecule has 0 bridgehead atoms. The Morgan fingerprint density at radius 2 is 1.05 bits per heavy atom. The van der Waals surface area contributed by atoms with E-state index in [9.17, 15) is 0 Å². The molecule has 0 N–H and O–H groups in total. The molecule has 3 heteroatoms. The molecule has 0 atom stereocenters. The Morgan fingerprint density at radius 3 is 1.82 bits per heavy atom. The zero-order valence-corrected chi connectivity index (χ0v) is 30.6. The fraction of sp³-hybridized carbons (Fsp3) is 0.0192. The Hall–Kier alpha value is -6.68. The molecule has 0 radical (unpaired) electrons. The van der Waals surface area contributed by atoms with E-state index in [1.54, 1.807) is 0 Å². The molecule has 2 nitrogen and oxygen atoms in total. The number of aromatic nitrogens is 2. The number of rotatable bonds is 3. The van der Waals surface area contributed by atoms with E-state index < -0.39 is 5.41 Å². The van der Waals surface area contributed by atoms with E-state index in [1.807, 2.05) is 11.8 Å². The van der Waals surface area contributed by atoms with Gasteiger partial charge in [0.2, 0.25) is 0 Å². The Balaban J connectivity index is 1.23. The maximum absolute atomic E-state index is 5.49. The van der Waals surface area contributed by atoms with Gasteiger partial charge < -0.3 is 0 Å². The first-order chi connectivity index (χ1) is 27.3. The smallest absolute Gasteiger partial charge is 0.138 e. The van der Waals surface area contributed by atoms with Gasteiger partial charge >= 0.3 is 0 Å². The second-order valence-electron chi connectivity index (χ2n) is 14.7. The van der Waals surface area contributed by atoms with Crippen molar-refractivity contribution in [2.24, 2.45) is 0 Å². The number of benzene rings is 8. The van der Waals surface area contributed by atoms with Gasteiger partial charge in [0.1, 0.15) is 5.82 Å². The van der Waals surface area contributed by atoms with Crippen LogP contribution >= 0.6 is 11.8 Å². The third-order valence-electron chi connectivity index (χ3n) is 11.8. The summed E-state index contributed by atoms with van der Waals surface area (Å²) in [5.74, 6) is 0.905. The highest BCUT2D eigenvalue weighted by atomic mass is 32.2. The minimum absolute atomic E-state index is 0.455. The summed E-state index contributed by atoms with van der Waals surface area (Å²) in [5.41, 5.74) is 14.2. The molecule has 55 heavy (non-hydrogen) atoms. The topological polar surface area (TPSA) is 17.8 Å². The highest BCUT2D eigenvalue weighted by Gasteiger charge is 2.50. The summed E-state index contributed by atoms with van der Waals surface area (Å²) in [7, 11) is 0. The van der Waals surface area contributed by atoms with Gasteiger partial charge in [0.05, 0.1) is 22.1 Å². The quantitative estimate of drug-likeness (QED) is 0.181. The van der Waals surface area contributed by atoms with E-state index >= 15 is 0 Å². The van der Waals surface area contributed by atoms with Gasteiger partial charge in [-0.2, -0.15) is 0 Å². The standard InChI is InChI=1S/C52H32N2S/c1-3-15-33(16-4-1)36-29-45(35-18-5-2-6-19-35)53-50(30-36)54-46-28-27-34-17-7-8-20-37(34)51(46)40-31-44-49(32-47(40)54)55-48-26-14-13-25-43(48)52(44)41-23-11-9-21-38(41)39-22-10-12-24-42(39)52/h1-32H. The molecule has 0 saturated heterocycles. The largest absolute Gasteiger partial charge is 0.294 e. The molecule has 1 aliphatic carbocycles. The van der Waals surface area contributed by atoms with Crippen molar-refractivity contribution >= 4 is 44.3 Å². The Kier molecular flexibility index (Phi) is 6.52. The van der Waals surface area contributed by atoms with E-state index in [2.05, 4.69) is 199 Å². The highest BCUT2D eigenvalue weighted by Crippen LogP contribution is 2.62. The van der Waals surface area contributed by atoms with Crippen LogP contribution < -0.4 is 0 Å². The van der Waals surface area contributed by atoms with Crippen molar-refractivity contribution in [1.82, 2.24) is 9.55 Å². The summed E-state index contributed by atoms with van der Waals surface area (Å²) in [4.78, 5) is 8.05. The lowest BCUT2D eigenvalue weighted by Gasteiger charge is -2.39.